The molecule has 4 rings (SSSR count). The number of aryl methyl sites for hydroxylation is 4. The third kappa shape index (κ3) is 6.22. The maximum atomic E-state index is 4.87. The highest BCUT2D eigenvalue weighted by molar-refractivity contribution is 5.85. The van der Waals surface area contributed by atoms with Crippen LogP contribution in [0.1, 0.15) is 41.6 Å². The van der Waals surface area contributed by atoms with Crippen molar-refractivity contribution in [2.75, 3.05) is 39.8 Å². The first-order valence-corrected chi connectivity index (χ1v) is 11.4. The van der Waals surface area contributed by atoms with Crippen LogP contribution in [0, 0.1) is 13.8 Å². The fraction of sp³-hybridized carbons (Fsp3) is 0.520. The third-order valence-electron chi connectivity index (χ3n) is 6.32. The molecule has 0 unspecified atom stereocenters. The molecule has 3 heterocycles. The molecule has 32 heavy (non-hydrogen) atoms. The van der Waals surface area contributed by atoms with Crippen LogP contribution < -0.4 is 0 Å². The van der Waals surface area contributed by atoms with Gasteiger partial charge >= 0.3 is 0 Å². The van der Waals surface area contributed by atoms with Gasteiger partial charge in [-0.1, -0.05) is 31.2 Å². The lowest BCUT2D eigenvalue weighted by Gasteiger charge is -2.32. The van der Waals surface area contributed by atoms with Gasteiger partial charge in [-0.15, -0.1) is 24.8 Å². The van der Waals surface area contributed by atoms with Crippen LogP contribution >= 0.6 is 24.8 Å². The van der Waals surface area contributed by atoms with E-state index in [0.717, 1.165) is 42.1 Å². The number of pyridine rings is 1. The lowest BCUT2D eigenvalue weighted by atomic mass is 10.1. The summed E-state index contributed by atoms with van der Waals surface area (Å²) in [5.41, 5.74) is 7.07. The Bertz CT molecular complexity index is 992. The molecule has 1 aliphatic heterocycles. The molecule has 0 bridgehead atoms. The number of likely N-dealkylation sites (N-methyl/N-ethyl adjacent to an activating group) is 1. The summed E-state index contributed by atoms with van der Waals surface area (Å²) >= 11 is 0. The van der Waals surface area contributed by atoms with Gasteiger partial charge in [0, 0.05) is 38.3 Å². The summed E-state index contributed by atoms with van der Waals surface area (Å²) < 4.78 is 2.29. The Balaban J connectivity index is 0.00000181. The van der Waals surface area contributed by atoms with E-state index in [1.165, 1.54) is 55.8 Å². The highest BCUT2D eigenvalue weighted by atomic mass is 35.5. The third-order valence-corrected chi connectivity index (χ3v) is 6.32. The summed E-state index contributed by atoms with van der Waals surface area (Å²) in [6, 6.07) is 11.3. The number of halogens is 2. The Labute approximate surface area is 205 Å². The van der Waals surface area contributed by atoms with Crippen LogP contribution in [0.3, 0.4) is 0 Å². The summed E-state index contributed by atoms with van der Waals surface area (Å²) in [7, 11) is 2.22. The van der Waals surface area contributed by atoms with Crippen LogP contribution in [0.4, 0.5) is 0 Å². The van der Waals surface area contributed by atoms with E-state index in [4.69, 9.17) is 9.97 Å². The molecule has 1 fully saturated rings. The molecular formula is C25H37Cl2N5. The van der Waals surface area contributed by atoms with Crippen molar-refractivity contribution in [1.82, 2.24) is 24.3 Å². The van der Waals surface area contributed by atoms with Crippen LogP contribution in [0.15, 0.2) is 30.3 Å². The molecule has 0 spiro atoms. The minimum absolute atomic E-state index is 0. The van der Waals surface area contributed by atoms with Gasteiger partial charge < -0.3 is 14.4 Å². The fourth-order valence-electron chi connectivity index (χ4n) is 4.46. The smallest absolute Gasteiger partial charge is 0.160 e. The molecule has 0 N–H and O–H groups in total. The van der Waals surface area contributed by atoms with Crippen LogP contribution in [0.2, 0.25) is 0 Å². The maximum Gasteiger partial charge on any atom is 0.160 e. The molecule has 1 saturated heterocycles. The molecule has 0 amide bonds. The van der Waals surface area contributed by atoms with Gasteiger partial charge in [-0.3, -0.25) is 0 Å². The summed E-state index contributed by atoms with van der Waals surface area (Å²) in [5, 5.41) is 0. The standard InChI is InChI=1S/C25H35N5.2ClH/c1-5-23-27-24-19(2)17-20(3)26-25(24)30(23)18-22-10-8-21(9-11-22)7-6-12-29-15-13-28(4)14-16-29;;/h8-11,17H,5-7,12-16,18H2,1-4H3;2*1H. The Kier molecular flexibility index (Phi) is 9.96. The van der Waals surface area contributed by atoms with Gasteiger partial charge in [0.2, 0.25) is 0 Å². The average Bonchev–Trinajstić information content (AvgIpc) is 3.08. The van der Waals surface area contributed by atoms with Gasteiger partial charge in [0.1, 0.15) is 11.3 Å². The lowest BCUT2D eigenvalue weighted by molar-refractivity contribution is 0.153. The second-order valence-corrected chi connectivity index (χ2v) is 8.79. The number of rotatable bonds is 7. The van der Waals surface area contributed by atoms with Gasteiger partial charge in [0.25, 0.3) is 0 Å². The lowest BCUT2D eigenvalue weighted by Crippen LogP contribution is -2.44. The number of imidazole rings is 1. The zero-order valence-electron chi connectivity index (χ0n) is 19.8. The second-order valence-electron chi connectivity index (χ2n) is 8.79. The molecule has 0 saturated carbocycles. The van der Waals surface area contributed by atoms with Crippen molar-refractivity contribution in [2.45, 2.75) is 46.6 Å². The normalized spacial score (nSPS) is 14.9. The van der Waals surface area contributed by atoms with Crippen LogP contribution in [0.5, 0.6) is 0 Å². The number of piperazine rings is 1. The van der Waals surface area contributed by atoms with Gasteiger partial charge in [0.15, 0.2) is 5.65 Å². The van der Waals surface area contributed by atoms with Crippen molar-refractivity contribution in [3.05, 3.63) is 58.5 Å². The zero-order chi connectivity index (χ0) is 21.1. The van der Waals surface area contributed by atoms with Gasteiger partial charge in [-0.25, -0.2) is 9.97 Å². The van der Waals surface area contributed by atoms with Crippen LogP contribution in [-0.2, 0) is 19.4 Å². The predicted octanol–water partition coefficient (Wildman–Crippen LogP) is 4.68. The largest absolute Gasteiger partial charge is 0.308 e. The zero-order valence-corrected chi connectivity index (χ0v) is 21.4. The number of aromatic nitrogens is 3. The quantitative estimate of drug-likeness (QED) is 0.494. The van der Waals surface area contributed by atoms with E-state index in [9.17, 15) is 0 Å². The molecule has 0 radical (unpaired) electrons. The molecule has 0 atom stereocenters. The topological polar surface area (TPSA) is 37.2 Å². The highest BCUT2D eigenvalue weighted by Gasteiger charge is 2.14. The molecular weight excluding hydrogens is 441 g/mol. The highest BCUT2D eigenvalue weighted by Crippen LogP contribution is 2.21. The molecule has 0 aliphatic carbocycles. The van der Waals surface area contributed by atoms with Crippen molar-refractivity contribution in [1.29, 1.82) is 0 Å². The van der Waals surface area contributed by atoms with Crippen molar-refractivity contribution in [3.63, 3.8) is 0 Å². The minimum atomic E-state index is 0. The van der Waals surface area contributed by atoms with E-state index in [-0.39, 0.29) is 24.8 Å². The number of fused-ring (bicyclic) bond motifs is 1. The number of benzene rings is 1. The fourth-order valence-corrected chi connectivity index (χ4v) is 4.46. The molecule has 7 heteroatoms. The SMILES string of the molecule is CCc1nc2c(C)cc(C)nc2n1Cc1ccc(CCCN2CCN(C)CC2)cc1.Cl.Cl. The number of hydrogen-bond acceptors (Lipinski definition) is 4. The van der Waals surface area contributed by atoms with Crippen molar-refractivity contribution >= 4 is 36.0 Å². The van der Waals surface area contributed by atoms with E-state index in [2.05, 4.69) is 72.5 Å². The van der Waals surface area contributed by atoms with Crippen molar-refractivity contribution in [3.8, 4) is 0 Å². The Hall–Kier alpha value is -1.66. The summed E-state index contributed by atoms with van der Waals surface area (Å²) in [6.45, 7) is 13.2. The van der Waals surface area contributed by atoms with Crippen molar-refractivity contribution in [2.24, 2.45) is 0 Å². The van der Waals surface area contributed by atoms with E-state index < -0.39 is 0 Å². The van der Waals surface area contributed by atoms with E-state index in [0.29, 0.717) is 0 Å². The predicted molar refractivity (Wildman–Crippen MR) is 139 cm³/mol. The van der Waals surface area contributed by atoms with Crippen LogP contribution in [-0.4, -0.2) is 64.1 Å². The average molecular weight is 479 g/mol. The molecule has 1 aromatic carbocycles. The van der Waals surface area contributed by atoms with E-state index >= 15 is 0 Å². The van der Waals surface area contributed by atoms with Gasteiger partial charge in [-0.2, -0.15) is 0 Å². The summed E-state index contributed by atoms with van der Waals surface area (Å²) in [5.74, 6) is 1.11. The van der Waals surface area contributed by atoms with Crippen LogP contribution in [0.25, 0.3) is 11.2 Å². The maximum absolute atomic E-state index is 4.87. The Morgan fingerprint density at radius 1 is 0.906 bits per heavy atom. The number of nitrogens with zero attached hydrogens (tertiary/aromatic N) is 5. The van der Waals surface area contributed by atoms with Crippen molar-refractivity contribution < 1.29 is 0 Å². The number of hydrogen-bond donors (Lipinski definition) is 0. The Morgan fingerprint density at radius 2 is 1.56 bits per heavy atom. The second kappa shape index (κ2) is 12.0. The van der Waals surface area contributed by atoms with Gasteiger partial charge in [0.05, 0.1) is 6.54 Å². The molecule has 5 nitrogen and oxygen atoms in total. The minimum Gasteiger partial charge on any atom is -0.308 e. The molecule has 1 aliphatic rings. The molecule has 2 aromatic heterocycles. The Morgan fingerprint density at radius 3 is 2.22 bits per heavy atom. The first kappa shape index (κ1) is 26.6. The molecule has 3 aromatic rings. The van der Waals surface area contributed by atoms with E-state index in [1.807, 2.05) is 0 Å². The first-order chi connectivity index (χ1) is 14.5. The molecule has 176 valence electrons. The summed E-state index contributed by atoms with van der Waals surface area (Å²) in [4.78, 5) is 14.7. The first-order valence-electron chi connectivity index (χ1n) is 11.4. The van der Waals surface area contributed by atoms with E-state index in [1.54, 1.807) is 0 Å². The van der Waals surface area contributed by atoms with Gasteiger partial charge in [-0.05, 0) is 63.0 Å². The monoisotopic (exact) mass is 477 g/mol. The summed E-state index contributed by atoms with van der Waals surface area (Å²) in [6.07, 6.45) is 3.30.